The third-order valence-electron chi connectivity index (χ3n) is 6.47. The van der Waals surface area contributed by atoms with Gasteiger partial charge in [0.1, 0.15) is 0 Å². The molecule has 0 aromatic heterocycles. The summed E-state index contributed by atoms with van der Waals surface area (Å²) in [6.07, 6.45) is 3.24. The third-order valence-corrected chi connectivity index (χ3v) is 7.32. The number of rotatable bonds is 3. The van der Waals surface area contributed by atoms with E-state index in [1.807, 2.05) is 0 Å². The number of alkyl halides is 2. The zero-order chi connectivity index (χ0) is 16.4. The van der Waals surface area contributed by atoms with Crippen molar-refractivity contribution < 1.29 is 26.5 Å². The lowest BCUT2D eigenvalue weighted by Gasteiger charge is -2.45. The number of hydrogen-bond donors (Lipinski definition) is 1. The molecule has 126 valence electrons. The summed E-state index contributed by atoms with van der Waals surface area (Å²) in [6, 6.07) is 0. The molecule has 0 saturated heterocycles. The molecule has 3 aliphatic carbocycles. The fourth-order valence-corrected chi connectivity index (χ4v) is 6.06. The van der Waals surface area contributed by atoms with Crippen LogP contribution >= 0.6 is 0 Å². The molecule has 0 spiro atoms. The molecule has 0 heterocycles. The molecule has 0 aromatic carbocycles. The van der Waals surface area contributed by atoms with Crippen molar-refractivity contribution in [3.05, 3.63) is 0 Å². The van der Waals surface area contributed by atoms with Gasteiger partial charge in [-0.25, -0.2) is 0 Å². The quantitative estimate of drug-likeness (QED) is 0.804. The van der Waals surface area contributed by atoms with Crippen LogP contribution in [0.1, 0.15) is 39.5 Å². The van der Waals surface area contributed by atoms with E-state index < -0.39 is 27.1 Å². The van der Waals surface area contributed by atoms with E-state index in [1.165, 1.54) is 0 Å². The molecule has 0 amide bonds. The van der Waals surface area contributed by atoms with Gasteiger partial charge in [-0.2, -0.15) is 17.2 Å². The predicted octanol–water partition coefficient (Wildman–Crippen LogP) is 2.99. The summed E-state index contributed by atoms with van der Waals surface area (Å²) in [7, 11) is -5.69. The number of fused-ring (bicyclic) bond motifs is 5. The highest BCUT2D eigenvalue weighted by atomic mass is 32.2. The van der Waals surface area contributed by atoms with Gasteiger partial charge in [-0.3, -0.25) is 9.35 Å². The first-order valence-electron chi connectivity index (χ1n) is 7.94. The van der Waals surface area contributed by atoms with Crippen LogP contribution in [0.15, 0.2) is 0 Å². The van der Waals surface area contributed by atoms with E-state index in [0.717, 1.165) is 19.3 Å². The number of ketones is 1. The van der Waals surface area contributed by atoms with Crippen molar-refractivity contribution >= 4 is 15.9 Å². The Bertz CT molecular complexity index is 588. The maximum absolute atomic E-state index is 13.7. The number of Topliss-reactive ketones (excluding diaryl/α,β-unsaturated/α-hetero) is 1. The molecule has 3 rings (SSSR count). The Morgan fingerprint density at radius 3 is 2.18 bits per heavy atom. The number of carbonyl (C=O) groups is 1. The van der Waals surface area contributed by atoms with Crippen LogP contribution in [-0.4, -0.2) is 24.0 Å². The van der Waals surface area contributed by atoms with E-state index in [2.05, 4.69) is 13.8 Å². The van der Waals surface area contributed by atoms with Crippen molar-refractivity contribution in [3.63, 3.8) is 0 Å². The highest BCUT2D eigenvalue weighted by Crippen LogP contribution is 2.63. The average Bonchev–Trinajstić information content (AvgIpc) is 2.99. The Balaban J connectivity index is 1.87. The minimum atomic E-state index is -5.69. The summed E-state index contributed by atoms with van der Waals surface area (Å²) in [5.41, 5.74) is 0. The van der Waals surface area contributed by atoms with E-state index >= 15 is 0 Å². The molecule has 3 aliphatic rings. The van der Waals surface area contributed by atoms with Crippen LogP contribution in [-0.2, 0) is 14.9 Å². The Morgan fingerprint density at radius 1 is 1.09 bits per heavy atom. The van der Waals surface area contributed by atoms with Gasteiger partial charge in [0.15, 0.2) is 0 Å². The molecule has 7 unspecified atom stereocenters. The second kappa shape index (κ2) is 4.97. The van der Waals surface area contributed by atoms with Crippen molar-refractivity contribution in [2.45, 2.75) is 44.8 Å². The highest BCUT2D eigenvalue weighted by molar-refractivity contribution is 7.87. The van der Waals surface area contributed by atoms with Gasteiger partial charge in [-0.05, 0) is 48.3 Å². The molecule has 0 radical (unpaired) electrons. The van der Waals surface area contributed by atoms with E-state index in [0.29, 0.717) is 24.2 Å². The summed E-state index contributed by atoms with van der Waals surface area (Å²) in [5, 5.41) is -4.68. The van der Waals surface area contributed by atoms with Gasteiger partial charge in [0.25, 0.3) is 0 Å². The van der Waals surface area contributed by atoms with E-state index in [1.54, 1.807) is 0 Å². The van der Waals surface area contributed by atoms with Crippen molar-refractivity contribution in [2.75, 3.05) is 0 Å². The van der Waals surface area contributed by atoms with Crippen LogP contribution in [0.5, 0.6) is 0 Å². The predicted molar refractivity (Wildman–Crippen MR) is 75.7 cm³/mol. The molecular formula is C15H22F2O4S. The molecule has 2 bridgehead atoms. The molecule has 0 aromatic rings. The van der Waals surface area contributed by atoms with Crippen molar-refractivity contribution in [1.29, 1.82) is 0 Å². The Kier molecular flexibility index (Phi) is 3.68. The summed E-state index contributed by atoms with van der Waals surface area (Å²) in [6.45, 7) is 4.29. The minimum Gasteiger partial charge on any atom is -0.291 e. The summed E-state index contributed by atoms with van der Waals surface area (Å²) >= 11 is 0. The van der Waals surface area contributed by atoms with Gasteiger partial charge in [0.2, 0.25) is 5.78 Å². The van der Waals surface area contributed by atoms with Crippen LogP contribution in [0.4, 0.5) is 8.78 Å². The second-order valence-corrected chi connectivity index (χ2v) is 9.01. The van der Waals surface area contributed by atoms with Gasteiger partial charge in [-0.1, -0.05) is 26.7 Å². The van der Waals surface area contributed by atoms with Crippen LogP contribution < -0.4 is 0 Å². The lowest BCUT2D eigenvalue weighted by molar-refractivity contribution is -0.142. The van der Waals surface area contributed by atoms with Crippen molar-refractivity contribution in [3.8, 4) is 0 Å². The molecule has 1 N–H and O–H groups in total. The largest absolute Gasteiger partial charge is 0.426 e. The van der Waals surface area contributed by atoms with Crippen LogP contribution in [0.2, 0.25) is 0 Å². The Hall–Kier alpha value is -0.560. The molecule has 4 nitrogen and oxygen atoms in total. The molecule has 22 heavy (non-hydrogen) atoms. The normalized spacial score (nSPS) is 44.9. The molecule has 0 aliphatic heterocycles. The topological polar surface area (TPSA) is 71.4 Å². The van der Waals surface area contributed by atoms with Crippen molar-refractivity contribution in [1.82, 2.24) is 0 Å². The van der Waals surface area contributed by atoms with Crippen molar-refractivity contribution in [2.24, 2.45) is 41.4 Å². The van der Waals surface area contributed by atoms with Crippen LogP contribution in [0.25, 0.3) is 0 Å². The third kappa shape index (κ3) is 2.15. The maximum atomic E-state index is 13.7. The fraction of sp³-hybridized carbons (Fsp3) is 0.933. The smallest absolute Gasteiger partial charge is 0.291 e. The molecule has 7 heteroatoms. The minimum absolute atomic E-state index is 0.159. The average molecular weight is 336 g/mol. The first-order chi connectivity index (χ1) is 10.1. The number of halogens is 2. The van der Waals surface area contributed by atoms with E-state index in [-0.39, 0.29) is 17.8 Å². The monoisotopic (exact) mass is 336 g/mol. The molecule has 7 atom stereocenters. The lowest BCUT2D eigenvalue weighted by Crippen LogP contribution is -2.47. The second-order valence-electron chi connectivity index (χ2n) is 7.54. The molecular weight excluding hydrogens is 314 g/mol. The maximum Gasteiger partial charge on any atom is 0.426 e. The summed E-state index contributed by atoms with van der Waals surface area (Å²) in [4.78, 5) is 12.1. The van der Waals surface area contributed by atoms with Gasteiger partial charge in [0, 0.05) is 5.92 Å². The summed E-state index contributed by atoms with van der Waals surface area (Å²) in [5.74, 6) is -0.847. The Morgan fingerprint density at radius 2 is 1.64 bits per heavy atom. The van der Waals surface area contributed by atoms with Gasteiger partial charge < -0.3 is 0 Å². The Labute approximate surface area is 129 Å². The van der Waals surface area contributed by atoms with E-state index in [9.17, 15) is 22.0 Å². The fourth-order valence-electron chi connectivity index (χ4n) is 5.65. The highest BCUT2D eigenvalue weighted by Gasteiger charge is 2.63. The lowest BCUT2D eigenvalue weighted by atomic mass is 9.59. The first-order valence-corrected chi connectivity index (χ1v) is 9.39. The van der Waals surface area contributed by atoms with Gasteiger partial charge >= 0.3 is 15.4 Å². The standard InChI is InChI=1S/C15H22F2O4S/c1-7-3-4-8(2)13-10-5-9(12(7)13)6-11(10)14(18)15(16,17)22(19,20)21/h7-13H,3-6H2,1-2H3,(H,19,20,21). The van der Waals surface area contributed by atoms with Crippen LogP contribution in [0.3, 0.4) is 0 Å². The molecule has 3 fully saturated rings. The SMILES string of the molecule is CC1CCC(C)C2C3CC(CC3C(=O)C(F)(F)S(=O)(=O)O)C12. The zero-order valence-corrected chi connectivity index (χ0v) is 13.5. The van der Waals surface area contributed by atoms with E-state index in [4.69, 9.17) is 4.55 Å². The van der Waals surface area contributed by atoms with Gasteiger partial charge in [-0.15, -0.1) is 0 Å². The summed E-state index contributed by atoms with van der Waals surface area (Å²) < 4.78 is 57.8. The number of carbonyl (C=O) groups excluding carboxylic acids is 1. The zero-order valence-electron chi connectivity index (χ0n) is 12.7. The first kappa shape index (κ1) is 16.3. The number of hydrogen-bond acceptors (Lipinski definition) is 3. The van der Waals surface area contributed by atoms with Crippen LogP contribution in [0, 0.1) is 41.4 Å². The molecule has 3 saturated carbocycles. The van der Waals surface area contributed by atoms with Gasteiger partial charge in [0.05, 0.1) is 0 Å².